The van der Waals surface area contributed by atoms with Crippen LogP contribution >= 0.6 is 11.3 Å². The van der Waals surface area contributed by atoms with Gasteiger partial charge in [-0.05, 0) is 59.0 Å². The highest BCUT2D eigenvalue weighted by Crippen LogP contribution is 2.42. The van der Waals surface area contributed by atoms with Crippen molar-refractivity contribution in [2.75, 3.05) is 11.9 Å². The zero-order valence-electron chi connectivity index (χ0n) is 14.6. The molecule has 0 amide bonds. The van der Waals surface area contributed by atoms with Crippen LogP contribution in [0, 0.1) is 5.82 Å². The number of anilines is 1. The van der Waals surface area contributed by atoms with Crippen LogP contribution in [-0.4, -0.2) is 32.8 Å². The fourth-order valence-corrected chi connectivity index (χ4v) is 4.17. The van der Waals surface area contributed by atoms with E-state index in [1.807, 2.05) is 17.5 Å². The monoisotopic (exact) mass is 385 g/mol. The lowest BCUT2D eigenvalue weighted by Gasteiger charge is -2.27. The highest BCUT2D eigenvalue weighted by Gasteiger charge is 2.37. The molecule has 1 aliphatic rings. The highest BCUT2D eigenvalue weighted by atomic mass is 32.1. The third-order valence-corrected chi connectivity index (χ3v) is 5.26. The Morgan fingerprint density at radius 3 is 3.04 bits per heavy atom. The maximum absolute atomic E-state index is 13.8. The maximum atomic E-state index is 13.8. The Balaban J connectivity index is 1.89. The number of esters is 1. The molecule has 9 heteroatoms. The summed E-state index contributed by atoms with van der Waals surface area (Å²) in [5.74, 6) is -0.327. The van der Waals surface area contributed by atoms with Gasteiger partial charge in [0.1, 0.15) is 11.9 Å². The van der Waals surface area contributed by atoms with Crippen LogP contribution in [0.5, 0.6) is 0 Å². The Morgan fingerprint density at radius 1 is 1.41 bits per heavy atom. The Hall–Kier alpha value is -3.07. The average Bonchev–Trinajstić information content (AvgIpc) is 3.29. The van der Waals surface area contributed by atoms with Crippen molar-refractivity contribution >= 4 is 23.3 Å². The summed E-state index contributed by atoms with van der Waals surface area (Å²) >= 11 is 1.46. The van der Waals surface area contributed by atoms with E-state index in [4.69, 9.17) is 4.74 Å². The van der Waals surface area contributed by atoms with Crippen molar-refractivity contribution < 1.29 is 13.9 Å². The second-order valence-corrected chi connectivity index (χ2v) is 6.89. The smallest absolute Gasteiger partial charge is 0.338 e. The van der Waals surface area contributed by atoms with Crippen molar-refractivity contribution in [3.63, 3.8) is 0 Å². The van der Waals surface area contributed by atoms with Crippen LogP contribution in [0.15, 0.2) is 47.0 Å². The van der Waals surface area contributed by atoms with Crippen LogP contribution in [0.4, 0.5) is 10.3 Å². The molecule has 138 valence electrons. The molecule has 4 rings (SSSR count). The summed E-state index contributed by atoms with van der Waals surface area (Å²) in [6.45, 7) is 3.80. The van der Waals surface area contributed by atoms with Crippen LogP contribution in [0.2, 0.25) is 0 Å². The lowest BCUT2D eigenvalue weighted by atomic mass is 9.96. The minimum Gasteiger partial charge on any atom is -0.463 e. The topological polar surface area (TPSA) is 81.9 Å². The van der Waals surface area contributed by atoms with E-state index in [-0.39, 0.29) is 12.4 Å². The second kappa shape index (κ2) is 6.92. The van der Waals surface area contributed by atoms with E-state index in [0.29, 0.717) is 17.2 Å². The highest BCUT2D eigenvalue weighted by molar-refractivity contribution is 7.10. The number of ether oxygens (including phenoxy) is 1. The number of allylic oxidation sites excluding steroid dienone is 1. The molecule has 1 unspecified atom stereocenters. The van der Waals surface area contributed by atoms with Gasteiger partial charge < -0.3 is 10.1 Å². The van der Waals surface area contributed by atoms with Gasteiger partial charge in [-0.3, -0.25) is 0 Å². The van der Waals surface area contributed by atoms with Gasteiger partial charge in [0, 0.05) is 10.6 Å². The van der Waals surface area contributed by atoms with Crippen LogP contribution in [0.1, 0.15) is 24.8 Å². The number of hydrogen-bond acceptors (Lipinski definition) is 7. The van der Waals surface area contributed by atoms with E-state index in [1.165, 1.54) is 23.5 Å². The van der Waals surface area contributed by atoms with Crippen LogP contribution in [-0.2, 0) is 9.53 Å². The van der Waals surface area contributed by atoms with Gasteiger partial charge >= 0.3 is 5.97 Å². The average molecular weight is 385 g/mol. The lowest BCUT2D eigenvalue weighted by molar-refractivity contribution is -0.139. The molecule has 0 bridgehead atoms. The number of thiophene rings is 1. The molecular formula is C18H16FN5O2S. The number of benzene rings is 1. The number of carbonyl (C=O) groups excluding carboxylic acids is 1. The molecule has 1 N–H and O–H groups in total. The number of aromatic nitrogens is 4. The van der Waals surface area contributed by atoms with Gasteiger partial charge in [0.2, 0.25) is 5.95 Å². The van der Waals surface area contributed by atoms with Gasteiger partial charge in [-0.25, -0.2) is 9.18 Å². The molecule has 0 radical (unpaired) electrons. The summed E-state index contributed by atoms with van der Waals surface area (Å²) in [5.41, 5.74) is 2.60. The van der Waals surface area contributed by atoms with Gasteiger partial charge in [0.05, 0.1) is 12.2 Å². The predicted octanol–water partition coefficient (Wildman–Crippen LogP) is 3.39. The van der Waals surface area contributed by atoms with E-state index in [2.05, 4.69) is 20.8 Å². The van der Waals surface area contributed by atoms with Gasteiger partial charge in [0.25, 0.3) is 0 Å². The third-order valence-electron chi connectivity index (χ3n) is 4.29. The first-order chi connectivity index (χ1) is 13.1. The van der Waals surface area contributed by atoms with Crippen LogP contribution in [0.3, 0.4) is 0 Å². The number of nitrogens with one attached hydrogen (secondary N) is 1. The maximum Gasteiger partial charge on any atom is 0.338 e. The summed E-state index contributed by atoms with van der Waals surface area (Å²) in [6.07, 6.45) is 0. The number of carbonyl (C=O) groups is 1. The van der Waals surface area contributed by atoms with E-state index in [9.17, 15) is 9.18 Å². The predicted molar refractivity (Wildman–Crippen MR) is 98.6 cm³/mol. The van der Waals surface area contributed by atoms with Gasteiger partial charge in [-0.2, -0.15) is 4.68 Å². The van der Waals surface area contributed by atoms with Crippen LogP contribution < -0.4 is 5.32 Å². The van der Waals surface area contributed by atoms with Crippen molar-refractivity contribution in [2.24, 2.45) is 0 Å². The Morgan fingerprint density at radius 2 is 2.26 bits per heavy atom. The number of rotatable bonds is 4. The zero-order valence-corrected chi connectivity index (χ0v) is 15.5. The first-order valence-electron chi connectivity index (χ1n) is 8.36. The van der Waals surface area contributed by atoms with Crippen molar-refractivity contribution in [1.82, 2.24) is 20.2 Å². The summed E-state index contributed by atoms with van der Waals surface area (Å²) in [7, 11) is 0. The molecule has 7 nitrogen and oxygen atoms in total. The zero-order chi connectivity index (χ0) is 19.0. The third kappa shape index (κ3) is 2.99. The molecular weight excluding hydrogens is 369 g/mol. The van der Waals surface area contributed by atoms with E-state index in [1.54, 1.807) is 24.6 Å². The van der Waals surface area contributed by atoms with Crippen molar-refractivity contribution in [3.05, 3.63) is 57.7 Å². The molecule has 1 aromatic carbocycles. The second-order valence-electron chi connectivity index (χ2n) is 5.94. The molecule has 0 spiro atoms. The van der Waals surface area contributed by atoms with Crippen molar-refractivity contribution in [1.29, 1.82) is 0 Å². The van der Waals surface area contributed by atoms with E-state index < -0.39 is 12.0 Å². The molecule has 0 fully saturated rings. The molecule has 0 aliphatic carbocycles. The molecule has 1 aliphatic heterocycles. The van der Waals surface area contributed by atoms with E-state index >= 15 is 0 Å². The fraction of sp³-hybridized carbons (Fsp3) is 0.222. The van der Waals surface area contributed by atoms with Crippen molar-refractivity contribution in [2.45, 2.75) is 19.9 Å². The van der Waals surface area contributed by atoms with Gasteiger partial charge in [-0.1, -0.05) is 17.2 Å². The quantitative estimate of drug-likeness (QED) is 0.693. The largest absolute Gasteiger partial charge is 0.463 e. The first kappa shape index (κ1) is 17.3. The Labute approximate surface area is 158 Å². The molecule has 3 aromatic rings. The summed E-state index contributed by atoms with van der Waals surface area (Å²) in [6, 6.07) is 7.69. The minimum absolute atomic E-state index is 0.256. The minimum atomic E-state index is -0.562. The standard InChI is InChI=1S/C18H16FN5O2S/c1-3-26-17(25)14-10(2)20-18-21-22-23-24(18)15(14)16-13(7-8-27-16)11-5-4-6-12(19)9-11/h4-9,15H,3H2,1-2H3,(H,20,21,23). The molecule has 0 saturated carbocycles. The first-order valence-corrected chi connectivity index (χ1v) is 9.24. The SMILES string of the molecule is CCOC(=O)C1=C(C)Nc2nnnn2C1c1sccc1-c1cccc(F)c1. The van der Waals surface area contributed by atoms with E-state index in [0.717, 1.165) is 16.0 Å². The lowest BCUT2D eigenvalue weighted by Crippen LogP contribution is -2.29. The number of fused-ring (bicyclic) bond motifs is 1. The number of hydrogen-bond donors (Lipinski definition) is 1. The summed E-state index contributed by atoms with van der Waals surface area (Å²) in [4.78, 5) is 13.5. The van der Waals surface area contributed by atoms with Gasteiger partial charge in [-0.15, -0.1) is 11.3 Å². The van der Waals surface area contributed by atoms with Crippen molar-refractivity contribution in [3.8, 4) is 11.1 Å². The molecule has 0 saturated heterocycles. The Bertz CT molecular complexity index is 1040. The molecule has 1 atom stereocenters. The Kier molecular flexibility index (Phi) is 4.44. The number of tetrazole rings is 1. The summed E-state index contributed by atoms with van der Waals surface area (Å²) in [5, 5.41) is 16.7. The number of nitrogens with zero attached hydrogens (tertiary/aromatic N) is 4. The molecule has 27 heavy (non-hydrogen) atoms. The van der Waals surface area contributed by atoms with Crippen LogP contribution in [0.25, 0.3) is 11.1 Å². The normalized spacial score (nSPS) is 16.0. The fourth-order valence-electron chi connectivity index (χ4n) is 3.16. The number of halogens is 1. The van der Waals surface area contributed by atoms with Gasteiger partial charge in [0.15, 0.2) is 0 Å². The summed E-state index contributed by atoms with van der Waals surface area (Å²) < 4.78 is 20.6. The molecule has 3 heterocycles. The molecule has 2 aromatic heterocycles.